The van der Waals surface area contributed by atoms with Crippen molar-refractivity contribution in [3.05, 3.63) is 0 Å². The standard InChI is InChI=1S/C11H21NO4/c1-9(13)15-7-11(3,6-12(4)5)8-16-10(2)14/h6-8H2,1-5H3. The molecule has 0 aliphatic rings. The summed E-state index contributed by atoms with van der Waals surface area (Å²) in [4.78, 5) is 23.5. The number of ether oxygens (including phenoxy) is 2. The molecule has 0 heterocycles. The molecule has 0 bridgehead atoms. The van der Waals surface area contributed by atoms with E-state index < -0.39 is 0 Å². The van der Waals surface area contributed by atoms with Crippen molar-refractivity contribution < 1.29 is 19.1 Å². The second-order valence-corrected chi connectivity index (χ2v) is 4.61. The van der Waals surface area contributed by atoms with Crippen LogP contribution < -0.4 is 0 Å². The van der Waals surface area contributed by atoms with Gasteiger partial charge in [-0.15, -0.1) is 0 Å². The van der Waals surface area contributed by atoms with Crippen LogP contribution in [0.15, 0.2) is 0 Å². The first-order valence-corrected chi connectivity index (χ1v) is 5.17. The molecule has 0 aliphatic carbocycles. The molecule has 94 valence electrons. The minimum atomic E-state index is -0.374. The zero-order chi connectivity index (χ0) is 12.8. The van der Waals surface area contributed by atoms with Gasteiger partial charge in [0.25, 0.3) is 0 Å². The Bertz CT molecular complexity index is 232. The molecule has 0 atom stereocenters. The summed E-state index contributed by atoms with van der Waals surface area (Å²) in [5.41, 5.74) is -0.374. The fraction of sp³-hybridized carbons (Fsp3) is 0.818. The summed E-state index contributed by atoms with van der Waals surface area (Å²) >= 11 is 0. The second kappa shape index (κ2) is 6.48. The normalized spacial score (nSPS) is 11.4. The number of hydrogen-bond acceptors (Lipinski definition) is 5. The molecule has 0 saturated heterocycles. The Balaban J connectivity index is 4.34. The van der Waals surface area contributed by atoms with Crippen LogP contribution in [0.3, 0.4) is 0 Å². The van der Waals surface area contributed by atoms with E-state index in [2.05, 4.69) is 0 Å². The summed E-state index contributed by atoms with van der Waals surface area (Å²) in [7, 11) is 3.83. The number of nitrogens with zero attached hydrogens (tertiary/aromatic N) is 1. The van der Waals surface area contributed by atoms with Gasteiger partial charge in [0.1, 0.15) is 13.2 Å². The summed E-state index contributed by atoms with van der Waals surface area (Å²) in [6.07, 6.45) is 0. The molecule has 0 aromatic rings. The highest BCUT2D eigenvalue weighted by molar-refractivity contribution is 5.66. The van der Waals surface area contributed by atoms with E-state index in [9.17, 15) is 9.59 Å². The highest BCUT2D eigenvalue weighted by Gasteiger charge is 2.28. The molecule has 0 unspecified atom stereocenters. The molecule has 0 aromatic heterocycles. The fourth-order valence-electron chi connectivity index (χ4n) is 1.45. The lowest BCUT2D eigenvalue weighted by molar-refractivity contribution is -0.151. The third-order valence-electron chi connectivity index (χ3n) is 1.95. The maximum Gasteiger partial charge on any atom is 0.302 e. The van der Waals surface area contributed by atoms with Gasteiger partial charge in [0, 0.05) is 25.8 Å². The largest absolute Gasteiger partial charge is 0.465 e. The van der Waals surface area contributed by atoms with Gasteiger partial charge in [-0.2, -0.15) is 0 Å². The molecule has 0 N–H and O–H groups in total. The van der Waals surface area contributed by atoms with Crippen LogP contribution in [0.2, 0.25) is 0 Å². The Hall–Kier alpha value is -1.10. The highest BCUT2D eigenvalue weighted by atomic mass is 16.5. The minimum absolute atomic E-state index is 0.244. The first-order chi connectivity index (χ1) is 7.25. The number of hydrogen-bond donors (Lipinski definition) is 0. The van der Waals surface area contributed by atoms with E-state index >= 15 is 0 Å². The molecular formula is C11H21NO4. The third-order valence-corrected chi connectivity index (χ3v) is 1.95. The monoisotopic (exact) mass is 231 g/mol. The van der Waals surface area contributed by atoms with Crippen LogP contribution in [0.4, 0.5) is 0 Å². The van der Waals surface area contributed by atoms with Crippen molar-refractivity contribution in [2.75, 3.05) is 33.9 Å². The van der Waals surface area contributed by atoms with E-state index in [1.165, 1.54) is 13.8 Å². The van der Waals surface area contributed by atoms with Gasteiger partial charge in [-0.05, 0) is 14.1 Å². The summed E-state index contributed by atoms with van der Waals surface area (Å²) in [5, 5.41) is 0. The lowest BCUT2D eigenvalue weighted by Gasteiger charge is -2.30. The molecule has 0 saturated carbocycles. The number of esters is 2. The number of rotatable bonds is 6. The lowest BCUT2D eigenvalue weighted by Crippen LogP contribution is -2.40. The van der Waals surface area contributed by atoms with Gasteiger partial charge in [-0.3, -0.25) is 9.59 Å². The molecule has 0 fully saturated rings. The summed E-state index contributed by atoms with van der Waals surface area (Å²) in [6, 6.07) is 0. The maximum absolute atomic E-state index is 10.8. The van der Waals surface area contributed by atoms with Gasteiger partial charge in [0.2, 0.25) is 0 Å². The molecule has 0 aromatic carbocycles. The van der Waals surface area contributed by atoms with Gasteiger partial charge in [0.05, 0.1) is 0 Å². The van der Waals surface area contributed by atoms with Crippen molar-refractivity contribution in [1.29, 1.82) is 0 Å². The molecule has 0 spiro atoms. The van der Waals surface area contributed by atoms with Crippen LogP contribution in [0.1, 0.15) is 20.8 Å². The fourth-order valence-corrected chi connectivity index (χ4v) is 1.45. The molecule has 0 radical (unpaired) electrons. The van der Waals surface area contributed by atoms with Crippen LogP contribution in [0.25, 0.3) is 0 Å². The topological polar surface area (TPSA) is 55.8 Å². The predicted molar refractivity (Wildman–Crippen MR) is 59.9 cm³/mol. The van der Waals surface area contributed by atoms with Gasteiger partial charge in [-0.25, -0.2) is 0 Å². The molecule has 5 nitrogen and oxygen atoms in total. The van der Waals surface area contributed by atoms with Crippen LogP contribution >= 0.6 is 0 Å². The average molecular weight is 231 g/mol. The molecule has 16 heavy (non-hydrogen) atoms. The van der Waals surface area contributed by atoms with Crippen molar-refractivity contribution >= 4 is 11.9 Å². The van der Waals surface area contributed by atoms with Crippen molar-refractivity contribution in [1.82, 2.24) is 4.90 Å². The van der Waals surface area contributed by atoms with Crippen LogP contribution in [-0.2, 0) is 19.1 Å². The highest BCUT2D eigenvalue weighted by Crippen LogP contribution is 2.18. The number of carbonyl (C=O) groups excluding carboxylic acids is 2. The third kappa shape index (κ3) is 7.23. The maximum atomic E-state index is 10.8. The van der Waals surface area contributed by atoms with Crippen molar-refractivity contribution in [2.45, 2.75) is 20.8 Å². The van der Waals surface area contributed by atoms with E-state index in [4.69, 9.17) is 9.47 Å². The van der Waals surface area contributed by atoms with E-state index in [1.54, 1.807) is 0 Å². The summed E-state index contributed by atoms with van der Waals surface area (Å²) in [5.74, 6) is -0.652. The smallest absolute Gasteiger partial charge is 0.302 e. The molecule has 5 heteroatoms. The van der Waals surface area contributed by atoms with Gasteiger partial charge in [0.15, 0.2) is 0 Å². The lowest BCUT2D eigenvalue weighted by atomic mass is 9.92. The van der Waals surface area contributed by atoms with E-state index in [1.807, 2.05) is 25.9 Å². The van der Waals surface area contributed by atoms with Gasteiger partial charge in [-0.1, -0.05) is 6.92 Å². The molecule has 0 rings (SSSR count). The van der Waals surface area contributed by atoms with Gasteiger partial charge >= 0.3 is 11.9 Å². The predicted octanol–water partition coefficient (Wildman–Crippen LogP) is 0.680. The van der Waals surface area contributed by atoms with E-state index in [0.717, 1.165) is 0 Å². The molecule has 0 aliphatic heterocycles. The first-order valence-electron chi connectivity index (χ1n) is 5.17. The van der Waals surface area contributed by atoms with Crippen LogP contribution in [0, 0.1) is 5.41 Å². The Morgan fingerprint density at radius 2 is 1.44 bits per heavy atom. The average Bonchev–Trinajstić information content (AvgIpc) is 2.11. The molecular weight excluding hydrogens is 210 g/mol. The quantitative estimate of drug-likeness (QED) is 0.629. The minimum Gasteiger partial charge on any atom is -0.465 e. The van der Waals surface area contributed by atoms with Crippen LogP contribution in [0.5, 0.6) is 0 Å². The Labute approximate surface area is 96.7 Å². The van der Waals surface area contributed by atoms with Crippen molar-refractivity contribution in [2.24, 2.45) is 5.41 Å². The second-order valence-electron chi connectivity index (χ2n) is 4.61. The summed E-state index contributed by atoms with van der Waals surface area (Å²) in [6.45, 7) is 5.80. The molecule has 0 amide bonds. The Morgan fingerprint density at radius 1 is 1.06 bits per heavy atom. The zero-order valence-electron chi connectivity index (χ0n) is 10.7. The van der Waals surface area contributed by atoms with E-state index in [-0.39, 0.29) is 30.6 Å². The zero-order valence-corrected chi connectivity index (χ0v) is 10.7. The summed E-state index contributed by atoms with van der Waals surface area (Å²) < 4.78 is 9.97. The number of carbonyl (C=O) groups is 2. The first kappa shape index (κ1) is 14.9. The van der Waals surface area contributed by atoms with Gasteiger partial charge < -0.3 is 14.4 Å². The SMILES string of the molecule is CC(=O)OCC(C)(COC(C)=O)CN(C)C. The van der Waals surface area contributed by atoms with Crippen molar-refractivity contribution in [3.8, 4) is 0 Å². The van der Waals surface area contributed by atoms with E-state index in [0.29, 0.717) is 6.54 Å². The van der Waals surface area contributed by atoms with Crippen molar-refractivity contribution in [3.63, 3.8) is 0 Å². The van der Waals surface area contributed by atoms with Crippen LogP contribution in [-0.4, -0.2) is 50.7 Å². The Morgan fingerprint density at radius 3 is 1.69 bits per heavy atom. The Kier molecular flexibility index (Phi) is 6.03.